The lowest BCUT2D eigenvalue weighted by Gasteiger charge is -2.12. The average molecular weight is 273 g/mol. The van der Waals surface area contributed by atoms with Crippen molar-refractivity contribution in [3.05, 3.63) is 22.2 Å². The molecular weight excluding hydrogens is 260 g/mol. The van der Waals surface area contributed by atoms with E-state index in [0.29, 0.717) is 17.9 Å². The Kier molecular flexibility index (Phi) is 3.96. The van der Waals surface area contributed by atoms with Gasteiger partial charge in [0.25, 0.3) is 0 Å². The highest BCUT2D eigenvalue weighted by Crippen LogP contribution is 2.37. The fourth-order valence-corrected chi connectivity index (χ4v) is 1.90. The number of methoxy groups -OCH3 is 2. The van der Waals surface area contributed by atoms with Crippen molar-refractivity contribution in [3.63, 3.8) is 0 Å². The molecule has 1 aromatic carbocycles. The Morgan fingerprint density at radius 2 is 2.07 bits per heavy atom. The number of nitrogens with two attached hydrogens (primary N) is 1. The standard InChI is InChI=1S/C10H13BrN2O2/c1-14-7-4-3-6(5-8(12)13)9(11)10(7)15-2/h3-4H,5H2,1-2H3,(H3,12,13). The van der Waals surface area contributed by atoms with Gasteiger partial charge < -0.3 is 15.2 Å². The van der Waals surface area contributed by atoms with Crippen LogP contribution in [0.2, 0.25) is 0 Å². The number of ether oxygens (including phenoxy) is 2. The molecule has 0 fully saturated rings. The van der Waals surface area contributed by atoms with Crippen molar-refractivity contribution in [2.75, 3.05) is 14.2 Å². The minimum absolute atomic E-state index is 0.114. The van der Waals surface area contributed by atoms with Crippen molar-refractivity contribution in [2.24, 2.45) is 5.73 Å². The third-order valence-corrected chi connectivity index (χ3v) is 2.82. The molecule has 0 aromatic heterocycles. The Morgan fingerprint density at radius 3 is 2.53 bits per heavy atom. The van der Waals surface area contributed by atoms with E-state index in [9.17, 15) is 0 Å². The molecule has 4 nitrogen and oxygen atoms in total. The second-order valence-corrected chi connectivity index (χ2v) is 3.77. The Morgan fingerprint density at radius 1 is 1.40 bits per heavy atom. The first-order valence-corrected chi connectivity index (χ1v) is 5.11. The Hall–Kier alpha value is -1.23. The van der Waals surface area contributed by atoms with Crippen LogP contribution in [0.1, 0.15) is 5.56 Å². The van der Waals surface area contributed by atoms with Crippen LogP contribution in [0.15, 0.2) is 16.6 Å². The lowest BCUT2D eigenvalue weighted by Crippen LogP contribution is -2.13. The summed E-state index contributed by atoms with van der Waals surface area (Å²) >= 11 is 3.40. The van der Waals surface area contributed by atoms with E-state index in [4.69, 9.17) is 20.6 Å². The zero-order valence-corrected chi connectivity index (χ0v) is 10.2. The number of hydrogen-bond donors (Lipinski definition) is 2. The van der Waals surface area contributed by atoms with Crippen molar-refractivity contribution in [1.82, 2.24) is 0 Å². The third kappa shape index (κ3) is 2.62. The van der Waals surface area contributed by atoms with Crippen molar-refractivity contribution >= 4 is 21.8 Å². The van der Waals surface area contributed by atoms with Crippen LogP contribution in [0.4, 0.5) is 0 Å². The molecule has 0 spiro atoms. The van der Waals surface area contributed by atoms with Crippen LogP contribution in [0.25, 0.3) is 0 Å². The van der Waals surface area contributed by atoms with Gasteiger partial charge in [-0.1, -0.05) is 6.07 Å². The summed E-state index contributed by atoms with van der Waals surface area (Å²) in [4.78, 5) is 0. The highest BCUT2D eigenvalue weighted by Gasteiger charge is 2.12. The molecule has 0 heterocycles. The summed E-state index contributed by atoms with van der Waals surface area (Å²) in [6.45, 7) is 0. The summed E-state index contributed by atoms with van der Waals surface area (Å²) in [7, 11) is 3.15. The number of benzene rings is 1. The molecule has 0 aliphatic heterocycles. The molecular formula is C10H13BrN2O2. The molecule has 0 radical (unpaired) electrons. The number of amidine groups is 1. The maximum Gasteiger partial charge on any atom is 0.175 e. The van der Waals surface area contributed by atoms with Crippen LogP contribution in [0.3, 0.4) is 0 Å². The van der Waals surface area contributed by atoms with E-state index in [1.807, 2.05) is 6.07 Å². The van der Waals surface area contributed by atoms with E-state index in [-0.39, 0.29) is 5.84 Å². The van der Waals surface area contributed by atoms with Crippen molar-refractivity contribution in [3.8, 4) is 11.5 Å². The van der Waals surface area contributed by atoms with Crippen LogP contribution < -0.4 is 15.2 Å². The molecule has 0 amide bonds. The van der Waals surface area contributed by atoms with Gasteiger partial charge in [-0.25, -0.2) is 0 Å². The van der Waals surface area contributed by atoms with Crippen LogP contribution in [-0.2, 0) is 6.42 Å². The molecule has 0 aliphatic carbocycles. The number of hydrogen-bond acceptors (Lipinski definition) is 3. The molecule has 0 unspecified atom stereocenters. The largest absolute Gasteiger partial charge is 0.493 e. The maximum absolute atomic E-state index is 7.24. The van der Waals surface area contributed by atoms with Gasteiger partial charge in [-0.15, -0.1) is 0 Å². The van der Waals surface area contributed by atoms with Crippen molar-refractivity contribution in [1.29, 1.82) is 5.41 Å². The summed E-state index contributed by atoms with van der Waals surface area (Å²) in [5.74, 6) is 1.39. The Labute approximate surface area is 97.0 Å². The normalized spacial score (nSPS) is 9.80. The summed E-state index contributed by atoms with van der Waals surface area (Å²) in [5.41, 5.74) is 6.25. The van der Waals surface area contributed by atoms with Crippen LogP contribution in [0, 0.1) is 5.41 Å². The highest BCUT2D eigenvalue weighted by atomic mass is 79.9. The number of rotatable bonds is 4. The summed E-state index contributed by atoms with van der Waals surface area (Å²) in [6, 6.07) is 3.65. The van der Waals surface area contributed by atoms with E-state index >= 15 is 0 Å². The molecule has 0 bridgehead atoms. The monoisotopic (exact) mass is 272 g/mol. The smallest absolute Gasteiger partial charge is 0.175 e. The molecule has 0 saturated heterocycles. The first kappa shape index (κ1) is 11.8. The minimum atomic E-state index is 0.114. The van der Waals surface area contributed by atoms with Gasteiger partial charge in [0.1, 0.15) is 0 Å². The van der Waals surface area contributed by atoms with Crippen molar-refractivity contribution < 1.29 is 9.47 Å². The van der Waals surface area contributed by atoms with Gasteiger partial charge in [-0.2, -0.15) is 0 Å². The molecule has 15 heavy (non-hydrogen) atoms. The fourth-order valence-electron chi connectivity index (χ4n) is 1.27. The minimum Gasteiger partial charge on any atom is -0.493 e. The maximum atomic E-state index is 7.24. The fraction of sp³-hybridized carbons (Fsp3) is 0.300. The molecule has 5 heteroatoms. The van der Waals surface area contributed by atoms with Crippen LogP contribution in [-0.4, -0.2) is 20.1 Å². The number of nitrogens with one attached hydrogen (secondary N) is 1. The number of halogens is 1. The van der Waals surface area contributed by atoms with E-state index in [2.05, 4.69) is 15.9 Å². The van der Waals surface area contributed by atoms with E-state index < -0.39 is 0 Å². The molecule has 0 saturated carbocycles. The van der Waals surface area contributed by atoms with E-state index in [1.165, 1.54) is 0 Å². The quantitative estimate of drug-likeness (QED) is 0.650. The predicted octanol–water partition coefficient (Wildman–Crippen LogP) is 1.94. The van der Waals surface area contributed by atoms with Gasteiger partial charge in [0, 0.05) is 6.42 Å². The SMILES string of the molecule is COc1ccc(CC(=N)N)c(Br)c1OC. The first-order chi connectivity index (χ1) is 7.10. The van der Waals surface area contributed by atoms with E-state index in [0.717, 1.165) is 10.0 Å². The van der Waals surface area contributed by atoms with Gasteiger partial charge in [0.05, 0.1) is 24.5 Å². The summed E-state index contributed by atoms with van der Waals surface area (Å²) in [5, 5.41) is 7.24. The van der Waals surface area contributed by atoms with Crippen LogP contribution in [0.5, 0.6) is 11.5 Å². The second-order valence-electron chi connectivity index (χ2n) is 2.98. The predicted molar refractivity (Wildman–Crippen MR) is 62.9 cm³/mol. The molecule has 0 aliphatic rings. The van der Waals surface area contributed by atoms with Gasteiger partial charge in [-0.05, 0) is 27.6 Å². The Bertz CT molecular complexity index is 380. The zero-order chi connectivity index (χ0) is 11.4. The topological polar surface area (TPSA) is 68.3 Å². The zero-order valence-electron chi connectivity index (χ0n) is 8.63. The first-order valence-electron chi connectivity index (χ1n) is 4.32. The molecule has 1 rings (SSSR count). The lowest BCUT2D eigenvalue weighted by atomic mass is 10.1. The van der Waals surface area contributed by atoms with Gasteiger partial charge in [-0.3, -0.25) is 5.41 Å². The molecule has 0 atom stereocenters. The van der Waals surface area contributed by atoms with Crippen molar-refractivity contribution in [2.45, 2.75) is 6.42 Å². The van der Waals surface area contributed by atoms with Crippen LogP contribution >= 0.6 is 15.9 Å². The highest BCUT2D eigenvalue weighted by molar-refractivity contribution is 9.10. The Balaban J connectivity index is 3.16. The summed E-state index contributed by atoms with van der Waals surface area (Å²) in [6.07, 6.45) is 0.390. The molecule has 82 valence electrons. The summed E-state index contributed by atoms with van der Waals surface area (Å²) < 4.78 is 11.1. The lowest BCUT2D eigenvalue weighted by molar-refractivity contribution is 0.352. The van der Waals surface area contributed by atoms with Gasteiger partial charge in [0.15, 0.2) is 11.5 Å². The van der Waals surface area contributed by atoms with Gasteiger partial charge in [0.2, 0.25) is 0 Å². The molecule has 3 N–H and O–H groups in total. The third-order valence-electron chi connectivity index (χ3n) is 1.95. The van der Waals surface area contributed by atoms with E-state index in [1.54, 1.807) is 20.3 Å². The second kappa shape index (κ2) is 5.02. The van der Waals surface area contributed by atoms with Gasteiger partial charge >= 0.3 is 0 Å². The molecule has 1 aromatic rings. The average Bonchev–Trinajstić information content (AvgIpc) is 2.20.